The maximum Gasteiger partial charge on any atom is 0.316 e. The van der Waals surface area contributed by atoms with Gasteiger partial charge in [0, 0.05) is 72.0 Å². The van der Waals surface area contributed by atoms with Gasteiger partial charge in [0.05, 0.1) is 89.9 Å². The lowest BCUT2D eigenvalue weighted by molar-refractivity contribution is -0.295. The second-order valence-corrected chi connectivity index (χ2v) is 35.6. The Labute approximate surface area is 717 Å². The predicted octanol–water partition coefficient (Wildman–Crippen LogP) is 7.71. The zero-order valence-electron chi connectivity index (χ0n) is 74.2. The van der Waals surface area contributed by atoms with Gasteiger partial charge in [-0.3, -0.25) is 43.5 Å². The smallest absolute Gasteiger partial charge is 0.316 e. The molecule has 0 radical (unpaired) electrons. The number of ketones is 4. The normalized spacial score (nSPS) is 35.0. The van der Waals surface area contributed by atoms with E-state index < -0.39 is 161 Å². The Balaban J connectivity index is 0.000000334. The van der Waals surface area contributed by atoms with Crippen LogP contribution in [-0.4, -0.2) is 266 Å². The molecule has 0 amide bonds. The zero-order valence-corrected chi connectivity index (χ0v) is 75.8. The van der Waals surface area contributed by atoms with E-state index in [1.54, 1.807) is 66.1 Å². The molecule has 0 aromatic carbocycles. The molecular weight excluding hydrogens is 1610 g/mol. The lowest BCUT2D eigenvalue weighted by Crippen LogP contribution is -2.60. The van der Waals surface area contributed by atoms with Gasteiger partial charge in [0.1, 0.15) is 62.9 Å². The number of hydrogen-bond acceptors (Lipinski definition) is 37. The van der Waals surface area contributed by atoms with Crippen molar-refractivity contribution in [2.24, 2.45) is 57.7 Å². The van der Waals surface area contributed by atoms with E-state index in [0.29, 0.717) is 58.5 Å². The van der Waals surface area contributed by atoms with E-state index in [-0.39, 0.29) is 99.9 Å². The fraction of sp³-hybridized carbons (Fsp3) is 0.726. The molecule has 0 aliphatic carbocycles. The Morgan fingerprint density at radius 1 is 0.554 bits per heavy atom. The SMILES string of the molecule is CC/C(CO[C@@H]1[C@@H](C)C(=O)[C@H](C)C[C@@](C)(O)[C@H](O[C@@H]2O[C@H](C)C[C@H](N(C)C)[C@H]2O)[C@@H](C)C(=O)[C@@H](C)C(=O)O[C@H](CC)[C@@]1(C)O)=N/OCc1ccc(-c2nc(N)ns2)cn1.CCC(CO[C@@H]1[C@@H](C)C(=O)[C@H](C)C[C@@](C)(O)[C@H](O[C@@H]2O[C@H](C)C[C@H](N(C)C)[C@H]2OC(C)=O)[C@@H](C)C(=O)[C@@H](C)C(=O)O[C@H](CC)[C@@]1(C)O)=NOCc1ccc(-c2nc(N)ns2)cn1. The van der Waals surface area contributed by atoms with E-state index >= 15 is 0 Å². The number of nitrogen functional groups attached to an aromatic ring is 2. The molecule has 35 nitrogen and oxygen atoms in total. The van der Waals surface area contributed by atoms with Crippen molar-refractivity contribution < 1.29 is 111 Å². The Bertz CT molecular complexity index is 4140. The number of pyridine rings is 2. The van der Waals surface area contributed by atoms with Gasteiger partial charge in [-0.15, -0.1) is 0 Å². The number of ether oxygens (including phenoxy) is 9. The van der Waals surface area contributed by atoms with Crippen LogP contribution in [0, 0.1) is 47.3 Å². The molecule has 8 rings (SSSR count). The molecule has 4 fully saturated rings. The number of aliphatic hydroxyl groups is 5. The maximum atomic E-state index is 14.5. The molecule has 0 saturated carbocycles. The van der Waals surface area contributed by atoms with Crippen LogP contribution < -0.4 is 11.5 Å². The standard InChI is InChI=1S/C43H66N6O12S.C41H64N6O11S/c1-13-29(47-57-21-30-16-15-28(19-45-30)38-46-41(44)48-62-38)20-56-37-24(5)33(51)22(3)18-42(9,54)36(25(6)34(52)26(7)39(53)60-32(14-2)43(37,10)55)61-40-35(59-27(8)50)31(49(11)12)17-23(4)58-40;1-12-27(45-55-20-28-15-14-26(18-43-28)36-44-39(42)46-59-36)19-54-35-23(5)31(48)21(3)17-40(8,52)34(58-38-33(50)29(47(10)11)16-22(4)56-38)24(6)32(49)25(7)37(51)57-30(13-2)41(35,9)53/h15-16,19,22-26,31-32,35-37,40,54-55H,13-14,17-18,20-21H2,1-12H3,(H2,44,48);14-15,18,21-25,29-30,33-35,38,50,52-53H,12-13,16-17,19-20H2,1-11H3,(H2,42,46)/b;45-27-/t22-,23-,24+,25+,26-,31+,32-,35-,36-,37-,40+,42-,43-;21-,22-,23+,24+,25-,29+,30-,33-,34-,35-,38+,40-,41-/m11/s1. The molecule has 0 spiro atoms. The van der Waals surface area contributed by atoms with E-state index in [9.17, 15) is 59.1 Å². The third-order valence-corrected chi connectivity index (χ3v) is 25.0. The summed E-state index contributed by atoms with van der Waals surface area (Å²) in [6.45, 7) is 30.1. The summed E-state index contributed by atoms with van der Waals surface area (Å²) in [5.74, 6) is -12.6. The van der Waals surface area contributed by atoms with Crippen LogP contribution in [0.1, 0.15) is 194 Å². The number of carbonyl (C=O) groups excluding carboxylic acids is 7. The summed E-state index contributed by atoms with van der Waals surface area (Å²) < 4.78 is 63.3. The van der Waals surface area contributed by atoms with Crippen molar-refractivity contribution in [1.29, 1.82) is 0 Å². The van der Waals surface area contributed by atoms with Gasteiger partial charge in [-0.1, -0.05) is 79.5 Å². The largest absolute Gasteiger partial charge is 0.459 e. The molecule has 0 bridgehead atoms. The molecule has 37 heteroatoms. The van der Waals surface area contributed by atoms with Crippen LogP contribution in [0.25, 0.3) is 21.1 Å². The Hall–Kier alpha value is -7.47. The Morgan fingerprint density at radius 3 is 1.26 bits per heavy atom. The van der Waals surface area contributed by atoms with Gasteiger partial charge in [-0.2, -0.15) is 18.7 Å². The summed E-state index contributed by atoms with van der Waals surface area (Å²) in [4.78, 5) is 129. The van der Waals surface area contributed by atoms with Crippen molar-refractivity contribution >= 4 is 87.4 Å². The summed E-state index contributed by atoms with van der Waals surface area (Å²) in [6, 6.07) is 6.51. The summed E-state index contributed by atoms with van der Waals surface area (Å²) in [7, 11) is 7.33. The number of cyclic esters (lactones) is 2. The lowest BCUT2D eigenvalue weighted by Gasteiger charge is -2.47. The number of oxime groups is 2. The molecule has 4 aliphatic rings. The predicted molar refractivity (Wildman–Crippen MR) is 449 cm³/mol. The fourth-order valence-electron chi connectivity index (χ4n) is 16.5. The first-order chi connectivity index (χ1) is 56.6. The second-order valence-electron chi connectivity index (χ2n) is 34.1. The second kappa shape index (κ2) is 43.9. The summed E-state index contributed by atoms with van der Waals surface area (Å²) in [5, 5.41) is 70.1. The van der Waals surface area contributed by atoms with Gasteiger partial charge >= 0.3 is 17.9 Å². The van der Waals surface area contributed by atoms with Gasteiger partial charge in [0.2, 0.25) is 11.9 Å². The van der Waals surface area contributed by atoms with E-state index in [2.05, 4.69) is 39.0 Å². The Morgan fingerprint density at radius 2 is 0.926 bits per heavy atom. The number of Topliss-reactive ketones (excluding diaryl/α,β-unsaturated/α-hetero) is 4. The van der Waals surface area contributed by atoms with Gasteiger partial charge in [0.15, 0.2) is 43.5 Å². The highest BCUT2D eigenvalue weighted by molar-refractivity contribution is 7.09. The molecule has 121 heavy (non-hydrogen) atoms. The number of rotatable bonds is 25. The average molecular weight is 1740 g/mol. The Kier molecular flexibility index (Phi) is 36.5. The molecule has 26 atom stereocenters. The number of aliphatic hydroxyl groups excluding tert-OH is 1. The highest BCUT2D eigenvalue weighted by Crippen LogP contribution is 2.42. The molecule has 4 aliphatic heterocycles. The molecule has 9 N–H and O–H groups in total. The number of likely N-dealkylation sites (N-methyl/N-ethyl adjacent to an activating group) is 2. The number of aromatic nitrogens is 6. The van der Waals surface area contributed by atoms with Crippen molar-refractivity contribution in [2.45, 2.75) is 304 Å². The van der Waals surface area contributed by atoms with Crippen molar-refractivity contribution in [2.75, 3.05) is 52.9 Å². The summed E-state index contributed by atoms with van der Waals surface area (Å²) in [6.07, 6.45) is -7.74. The zero-order chi connectivity index (χ0) is 90.2. The highest BCUT2D eigenvalue weighted by Gasteiger charge is 2.56. The van der Waals surface area contributed by atoms with Gasteiger partial charge in [-0.05, 0) is 182 Å². The van der Waals surface area contributed by atoms with Crippen LogP contribution in [0.4, 0.5) is 11.9 Å². The van der Waals surface area contributed by atoms with Crippen LogP contribution in [0.2, 0.25) is 0 Å². The molecule has 0 unspecified atom stereocenters. The first-order valence-corrected chi connectivity index (χ1v) is 43.1. The monoisotopic (exact) mass is 1740 g/mol. The third kappa shape index (κ3) is 25.9. The van der Waals surface area contributed by atoms with Crippen LogP contribution in [-0.2, 0) is 99.1 Å². The van der Waals surface area contributed by atoms with Crippen LogP contribution in [0.5, 0.6) is 0 Å². The molecule has 4 aromatic rings. The van der Waals surface area contributed by atoms with E-state index in [4.69, 9.17) is 63.8 Å². The molecule has 4 saturated heterocycles. The minimum atomic E-state index is -1.95. The topological polar surface area (TPSA) is 483 Å². The number of nitrogens with two attached hydrogens (primary N) is 2. The quantitative estimate of drug-likeness (QED) is 0.0110. The van der Waals surface area contributed by atoms with E-state index in [1.165, 1.54) is 73.8 Å². The highest BCUT2D eigenvalue weighted by atomic mass is 32.1. The third-order valence-electron chi connectivity index (χ3n) is 23.4. The van der Waals surface area contributed by atoms with Crippen LogP contribution in [0.3, 0.4) is 0 Å². The first kappa shape index (κ1) is 101. The number of anilines is 2. The van der Waals surface area contributed by atoms with Crippen molar-refractivity contribution in [3.63, 3.8) is 0 Å². The summed E-state index contributed by atoms with van der Waals surface area (Å²) in [5.41, 5.74) is 7.30. The van der Waals surface area contributed by atoms with E-state index in [0.717, 1.165) is 22.7 Å². The molecule has 4 aromatic heterocycles. The lowest BCUT2D eigenvalue weighted by atomic mass is 9.74. The fourth-order valence-corrected chi connectivity index (χ4v) is 17.7. The number of hydrogen-bond donors (Lipinski definition) is 7. The molecule has 676 valence electrons. The maximum absolute atomic E-state index is 14.5. The molecule has 8 heterocycles. The minimum absolute atomic E-state index is 0.0378. The number of nitrogens with zero attached hydrogens (tertiary/aromatic N) is 10. The van der Waals surface area contributed by atoms with Crippen LogP contribution in [0.15, 0.2) is 47.0 Å². The van der Waals surface area contributed by atoms with Crippen molar-refractivity contribution in [3.05, 3.63) is 48.0 Å². The number of esters is 3. The van der Waals surface area contributed by atoms with Crippen molar-refractivity contribution in [3.8, 4) is 21.1 Å². The van der Waals surface area contributed by atoms with Crippen LogP contribution >= 0.6 is 23.1 Å². The van der Waals surface area contributed by atoms with E-state index in [1.807, 2.05) is 77.8 Å². The van der Waals surface area contributed by atoms with Gasteiger partial charge in [-0.25, -0.2) is 0 Å². The van der Waals surface area contributed by atoms with Crippen molar-refractivity contribution in [1.82, 2.24) is 38.5 Å². The molecular formula is C84H130N12O23S2. The minimum Gasteiger partial charge on any atom is -0.459 e. The van der Waals surface area contributed by atoms with Gasteiger partial charge < -0.3 is 99.1 Å². The average Bonchev–Trinajstić information content (AvgIpc) is 1.10. The number of carbonyl (C=O) groups is 7. The first-order valence-electron chi connectivity index (χ1n) is 41.6. The summed E-state index contributed by atoms with van der Waals surface area (Å²) >= 11 is 2.33. The van der Waals surface area contributed by atoms with Gasteiger partial charge in [0.25, 0.3) is 0 Å².